The molecule has 0 spiro atoms. The van der Waals surface area contributed by atoms with Crippen LogP contribution in [0.15, 0.2) is 24.3 Å². The van der Waals surface area contributed by atoms with E-state index in [0.29, 0.717) is 43.0 Å². The quantitative estimate of drug-likeness (QED) is 0.690. The van der Waals surface area contributed by atoms with Gasteiger partial charge >= 0.3 is 0 Å². The molecule has 1 aromatic rings. The Hall–Kier alpha value is -2.21. The highest BCUT2D eigenvalue weighted by Gasteiger charge is 2.34. The van der Waals surface area contributed by atoms with Gasteiger partial charge in [0.25, 0.3) is 11.8 Å². The molecule has 146 valence electrons. The summed E-state index contributed by atoms with van der Waals surface area (Å²) in [4.78, 5) is 40.2. The van der Waals surface area contributed by atoms with Gasteiger partial charge in [-0.15, -0.1) is 0 Å². The molecule has 2 heterocycles. The number of nitrogens with zero attached hydrogens (tertiary/aromatic N) is 2. The summed E-state index contributed by atoms with van der Waals surface area (Å²) in [6.45, 7) is 6.74. The molecule has 0 aromatic heterocycles. The number of fused-ring (bicyclic) bond motifs is 1. The molecule has 2 aliphatic heterocycles. The van der Waals surface area contributed by atoms with Crippen LogP contribution in [0.25, 0.3) is 0 Å². The number of imide groups is 1. The molecule has 2 aliphatic rings. The first-order valence-corrected chi connectivity index (χ1v) is 9.82. The van der Waals surface area contributed by atoms with Crippen molar-refractivity contribution in [1.82, 2.24) is 9.80 Å². The second-order valence-electron chi connectivity index (χ2n) is 7.72. The number of likely N-dealkylation sites (tertiary alicyclic amines) is 1. The minimum absolute atomic E-state index is 0.0916. The number of amides is 3. The molecule has 0 radical (unpaired) electrons. The maximum absolute atomic E-state index is 12.4. The Bertz CT molecular complexity index is 673. The predicted octanol–water partition coefficient (Wildman–Crippen LogP) is 2.73. The van der Waals surface area contributed by atoms with Crippen molar-refractivity contribution in [3.8, 4) is 0 Å². The van der Waals surface area contributed by atoms with Crippen LogP contribution in [-0.4, -0.2) is 59.9 Å². The summed E-state index contributed by atoms with van der Waals surface area (Å²) in [6, 6.07) is 6.86. The van der Waals surface area contributed by atoms with Crippen LogP contribution in [-0.2, 0) is 9.53 Å². The highest BCUT2D eigenvalue weighted by Crippen LogP contribution is 2.23. The van der Waals surface area contributed by atoms with E-state index in [9.17, 15) is 14.4 Å². The molecule has 1 saturated heterocycles. The summed E-state index contributed by atoms with van der Waals surface area (Å²) in [5.41, 5.74) is 0.912. The summed E-state index contributed by atoms with van der Waals surface area (Å²) < 4.78 is 5.86. The minimum atomic E-state index is -0.258. The van der Waals surface area contributed by atoms with Crippen LogP contribution in [0.4, 0.5) is 0 Å². The van der Waals surface area contributed by atoms with E-state index in [2.05, 4.69) is 13.8 Å². The van der Waals surface area contributed by atoms with E-state index in [0.717, 1.165) is 19.4 Å². The van der Waals surface area contributed by atoms with E-state index in [-0.39, 0.29) is 30.4 Å². The molecule has 6 heteroatoms. The first kappa shape index (κ1) is 19.5. The normalized spacial score (nSPS) is 17.7. The van der Waals surface area contributed by atoms with Crippen LogP contribution >= 0.6 is 0 Å². The Morgan fingerprint density at radius 3 is 2.26 bits per heavy atom. The lowest BCUT2D eigenvalue weighted by Gasteiger charge is -2.32. The number of benzene rings is 1. The number of hydrogen-bond donors (Lipinski definition) is 0. The van der Waals surface area contributed by atoms with Crippen LogP contribution in [0.2, 0.25) is 0 Å². The Labute approximate surface area is 160 Å². The summed E-state index contributed by atoms with van der Waals surface area (Å²) >= 11 is 0. The highest BCUT2D eigenvalue weighted by molar-refractivity contribution is 6.21. The molecule has 0 bridgehead atoms. The predicted molar refractivity (Wildman–Crippen MR) is 101 cm³/mol. The number of piperidine rings is 1. The fraction of sp³-hybridized carbons (Fsp3) is 0.571. The van der Waals surface area contributed by atoms with Crippen molar-refractivity contribution in [2.24, 2.45) is 5.92 Å². The largest absolute Gasteiger partial charge is 0.378 e. The van der Waals surface area contributed by atoms with Gasteiger partial charge in [0, 0.05) is 32.7 Å². The van der Waals surface area contributed by atoms with E-state index >= 15 is 0 Å². The Balaban J connectivity index is 1.41. The van der Waals surface area contributed by atoms with Crippen LogP contribution in [0, 0.1) is 5.92 Å². The van der Waals surface area contributed by atoms with Crippen LogP contribution < -0.4 is 0 Å². The summed E-state index contributed by atoms with van der Waals surface area (Å²) in [5, 5.41) is 0. The topological polar surface area (TPSA) is 66.9 Å². The lowest BCUT2D eigenvalue weighted by Crippen LogP contribution is -2.41. The van der Waals surface area contributed by atoms with Gasteiger partial charge in [0.1, 0.15) is 0 Å². The Morgan fingerprint density at radius 1 is 1.11 bits per heavy atom. The van der Waals surface area contributed by atoms with Gasteiger partial charge in [-0.2, -0.15) is 0 Å². The van der Waals surface area contributed by atoms with Gasteiger partial charge in [-0.25, -0.2) is 0 Å². The Morgan fingerprint density at radius 2 is 1.70 bits per heavy atom. The molecule has 1 aromatic carbocycles. The molecule has 0 saturated carbocycles. The van der Waals surface area contributed by atoms with Gasteiger partial charge in [0.05, 0.1) is 17.2 Å². The van der Waals surface area contributed by atoms with E-state index in [1.165, 1.54) is 4.90 Å². The van der Waals surface area contributed by atoms with Crippen molar-refractivity contribution < 1.29 is 19.1 Å². The zero-order chi connectivity index (χ0) is 19.4. The van der Waals surface area contributed by atoms with Gasteiger partial charge in [-0.05, 0) is 37.3 Å². The number of ether oxygens (including phenoxy) is 1. The molecule has 1 fully saturated rings. The van der Waals surface area contributed by atoms with E-state index in [1.807, 2.05) is 4.90 Å². The maximum atomic E-state index is 12.4. The first-order valence-electron chi connectivity index (χ1n) is 9.82. The molecule has 0 atom stereocenters. The third-order valence-corrected chi connectivity index (χ3v) is 5.11. The van der Waals surface area contributed by atoms with E-state index in [1.54, 1.807) is 24.3 Å². The number of rotatable bonds is 7. The molecule has 6 nitrogen and oxygen atoms in total. The van der Waals surface area contributed by atoms with Gasteiger partial charge in [-0.3, -0.25) is 19.3 Å². The second kappa shape index (κ2) is 8.65. The molecular formula is C21H28N2O4. The van der Waals surface area contributed by atoms with Crippen molar-refractivity contribution in [3.05, 3.63) is 35.4 Å². The molecule has 3 amide bonds. The molecule has 0 unspecified atom stereocenters. The summed E-state index contributed by atoms with van der Waals surface area (Å²) in [6.07, 6.45) is 2.84. The fourth-order valence-electron chi connectivity index (χ4n) is 3.59. The van der Waals surface area contributed by atoms with E-state index in [4.69, 9.17) is 4.74 Å². The van der Waals surface area contributed by atoms with Gasteiger partial charge < -0.3 is 9.64 Å². The minimum Gasteiger partial charge on any atom is -0.378 e. The van der Waals surface area contributed by atoms with Crippen molar-refractivity contribution in [2.75, 3.05) is 26.2 Å². The maximum Gasteiger partial charge on any atom is 0.261 e. The molecule has 0 N–H and O–H groups in total. The number of carbonyl (C=O) groups excluding carboxylic acids is 3. The zero-order valence-electron chi connectivity index (χ0n) is 16.1. The van der Waals surface area contributed by atoms with Gasteiger partial charge in [0.15, 0.2) is 0 Å². The molecule has 27 heavy (non-hydrogen) atoms. The lowest BCUT2D eigenvalue weighted by molar-refractivity contribution is -0.134. The van der Waals surface area contributed by atoms with Crippen LogP contribution in [0.1, 0.15) is 60.2 Å². The third-order valence-electron chi connectivity index (χ3n) is 5.11. The van der Waals surface area contributed by atoms with Gasteiger partial charge in [-0.1, -0.05) is 26.0 Å². The number of hydrogen-bond acceptors (Lipinski definition) is 4. The van der Waals surface area contributed by atoms with Crippen LogP contribution in [0.5, 0.6) is 0 Å². The highest BCUT2D eigenvalue weighted by atomic mass is 16.5. The molecule has 0 aliphatic carbocycles. The fourth-order valence-corrected chi connectivity index (χ4v) is 3.59. The summed E-state index contributed by atoms with van der Waals surface area (Å²) in [7, 11) is 0. The number of carbonyl (C=O) groups is 3. The monoisotopic (exact) mass is 372 g/mol. The van der Waals surface area contributed by atoms with Crippen molar-refractivity contribution in [1.29, 1.82) is 0 Å². The standard InChI is InChI=1S/C21H28N2O4/c1-15(2)14-27-16-9-12-22(13-10-16)19(24)8-5-11-23-20(25)17-6-3-4-7-18(17)21(23)26/h3-4,6-7,15-16H,5,8-14H2,1-2H3. The zero-order valence-corrected chi connectivity index (χ0v) is 16.1. The molecular weight excluding hydrogens is 344 g/mol. The first-order chi connectivity index (χ1) is 13.0. The second-order valence-corrected chi connectivity index (χ2v) is 7.72. The average Bonchev–Trinajstić information content (AvgIpc) is 2.92. The average molecular weight is 372 g/mol. The van der Waals surface area contributed by atoms with Gasteiger partial charge in [0.2, 0.25) is 5.91 Å². The molecule has 3 rings (SSSR count). The van der Waals surface area contributed by atoms with Crippen LogP contribution in [0.3, 0.4) is 0 Å². The SMILES string of the molecule is CC(C)COC1CCN(C(=O)CCCN2C(=O)c3ccccc3C2=O)CC1. The van der Waals surface area contributed by atoms with E-state index < -0.39 is 0 Å². The van der Waals surface area contributed by atoms with Crippen molar-refractivity contribution in [2.45, 2.75) is 45.6 Å². The lowest BCUT2D eigenvalue weighted by atomic mass is 10.1. The summed E-state index contributed by atoms with van der Waals surface area (Å²) in [5.74, 6) is 0.0954. The third kappa shape index (κ3) is 4.56. The van der Waals surface area contributed by atoms with Crippen molar-refractivity contribution >= 4 is 17.7 Å². The van der Waals surface area contributed by atoms with Crippen molar-refractivity contribution in [3.63, 3.8) is 0 Å². The Kier molecular flexibility index (Phi) is 6.26. The smallest absolute Gasteiger partial charge is 0.261 e.